The molecule has 1 aliphatic rings. The lowest BCUT2D eigenvalue weighted by Crippen LogP contribution is -2.53. The van der Waals surface area contributed by atoms with E-state index < -0.39 is 5.54 Å². The van der Waals surface area contributed by atoms with E-state index in [1.165, 1.54) is 0 Å². The highest BCUT2D eigenvalue weighted by atomic mass is 16.5. The Kier molecular flexibility index (Phi) is 5.04. The van der Waals surface area contributed by atoms with Crippen molar-refractivity contribution in [2.45, 2.75) is 18.4 Å². The molecular weight excluding hydrogens is 278 g/mol. The Balaban J connectivity index is 2.02. The molecule has 0 aromatic heterocycles. The fourth-order valence-electron chi connectivity index (χ4n) is 2.38. The summed E-state index contributed by atoms with van der Waals surface area (Å²) < 4.78 is 5.27. The van der Waals surface area contributed by atoms with Gasteiger partial charge in [-0.25, -0.2) is 0 Å². The van der Waals surface area contributed by atoms with E-state index in [1.807, 2.05) is 7.05 Å². The molecule has 1 saturated heterocycles. The van der Waals surface area contributed by atoms with Crippen molar-refractivity contribution in [1.29, 1.82) is 5.26 Å². The van der Waals surface area contributed by atoms with Gasteiger partial charge in [-0.1, -0.05) is 5.92 Å². The summed E-state index contributed by atoms with van der Waals surface area (Å²) in [6.07, 6.45) is 6.39. The van der Waals surface area contributed by atoms with Crippen LogP contribution in [0.4, 0.5) is 0 Å². The maximum Gasteiger partial charge on any atom is 0.252 e. The average Bonchev–Trinajstić information content (AvgIpc) is 2.55. The fraction of sp³-hybridized carbons (Fsp3) is 0.412. The second-order valence-corrected chi connectivity index (χ2v) is 5.47. The van der Waals surface area contributed by atoms with Crippen LogP contribution in [0.15, 0.2) is 24.3 Å². The van der Waals surface area contributed by atoms with Crippen LogP contribution in [0.25, 0.3) is 0 Å². The van der Waals surface area contributed by atoms with E-state index in [4.69, 9.17) is 11.2 Å². The van der Waals surface area contributed by atoms with Gasteiger partial charge in [-0.2, -0.15) is 5.26 Å². The van der Waals surface area contributed by atoms with Crippen LogP contribution in [-0.4, -0.2) is 43.1 Å². The molecule has 0 radical (unpaired) electrons. The fourth-order valence-corrected chi connectivity index (χ4v) is 2.38. The predicted molar refractivity (Wildman–Crippen MR) is 83.3 cm³/mol. The maximum absolute atomic E-state index is 12.3. The molecule has 5 heteroatoms. The molecule has 1 fully saturated rings. The van der Waals surface area contributed by atoms with Crippen molar-refractivity contribution in [2.75, 3.05) is 26.7 Å². The Morgan fingerprint density at radius 2 is 2.05 bits per heavy atom. The van der Waals surface area contributed by atoms with Crippen LogP contribution >= 0.6 is 0 Å². The van der Waals surface area contributed by atoms with Crippen molar-refractivity contribution >= 4 is 5.91 Å². The van der Waals surface area contributed by atoms with E-state index in [1.54, 1.807) is 24.3 Å². The number of rotatable bonds is 4. The van der Waals surface area contributed by atoms with Crippen LogP contribution in [0, 0.1) is 23.7 Å². The molecule has 0 bridgehead atoms. The van der Waals surface area contributed by atoms with Gasteiger partial charge in [-0.3, -0.25) is 4.79 Å². The molecule has 0 spiro atoms. The van der Waals surface area contributed by atoms with Crippen molar-refractivity contribution < 1.29 is 9.53 Å². The van der Waals surface area contributed by atoms with Crippen LogP contribution < -0.4 is 10.1 Å². The Hall–Kier alpha value is -2.50. The van der Waals surface area contributed by atoms with Crippen molar-refractivity contribution in [1.82, 2.24) is 10.2 Å². The first kappa shape index (κ1) is 15.9. The van der Waals surface area contributed by atoms with Gasteiger partial charge in [0.2, 0.25) is 0 Å². The van der Waals surface area contributed by atoms with E-state index in [2.05, 4.69) is 22.2 Å². The van der Waals surface area contributed by atoms with E-state index in [0.29, 0.717) is 24.2 Å². The average molecular weight is 297 g/mol. The summed E-state index contributed by atoms with van der Waals surface area (Å²) >= 11 is 0. The van der Waals surface area contributed by atoms with E-state index in [9.17, 15) is 10.1 Å². The first-order valence-electron chi connectivity index (χ1n) is 7.17. The molecule has 22 heavy (non-hydrogen) atoms. The highest BCUT2D eigenvalue weighted by Crippen LogP contribution is 2.22. The zero-order valence-electron chi connectivity index (χ0n) is 12.6. The molecule has 0 aliphatic carbocycles. The number of terminal acetylenes is 1. The van der Waals surface area contributed by atoms with Crippen molar-refractivity contribution in [2.24, 2.45) is 0 Å². The summed E-state index contributed by atoms with van der Waals surface area (Å²) in [5, 5.41) is 12.3. The third kappa shape index (κ3) is 3.78. The molecule has 1 aliphatic heterocycles. The normalized spacial score (nSPS) is 17.0. The summed E-state index contributed by atoms with van der Waals surface area (Å²) in [5.41, 5.74) is -0.274. The molecule has 5 nitrogen and oxygen atoms in total. The number of carbonyl (C=O) groups is 1. The van der Waals surface area contributed by atoms with Gasteiger partial charge in [0.15, 0.2) is 0 Å². The molecule has 2 rings (SSSR count). The number of piperidine rings is 1. The van der Waals surface area contributed by atoms with Crippen LogP contribution in [0.1, 0.15) is 23.2 Å². The quantitative estimate of drug-likeness (QED) is 0.854. The van der Waals surface area contributed by atoms with Crippen molar-refractivity contribution in [3.05, 3.63) is 29.8 Å². The molecule has 1 aromatic rings. The lowest BCUT2D eigenvalue weighted by atomic mass is 9.89. The van der Waals surface area contributed by atoms with Gasteiger partial charge in [0.05, 0.1) is 6.07 Å². The highest BCUT2D eigenvalue weighted by Gasteiger charge is 2.35. The Morgan fingerprint density at radius 1 is 1.41 bits per heavy atom. The number of hydrogen-bond donors (Lipinski definition) is 1. The number of hydrogen-bond acceptors (Lipinski definition) is 4. The predicted octanol–water partition coefficient (Wildman–Crippen LogP) is 1.42. The minimum atomic E-state index is -0.776. The van der Waals surface area contributed by atoms with Gasteiger partial charge in [-0.05, 0) is 44.2 Å². The van der Waals surface area contributed by atoms with Gasteiger partial charge in [0.1, 0.15) is 17.9 Å². The molecular formula is C17H19N3O2. The third-order valence-electron chi connectivity index (χ3n) is 3.85. The lowest BCUT2D eigenvalue weighted by Gasteiger charge is -2.36. The number of nitrogens with zero attached hydrogens (tertiary/aromatic N) is 2. The van der Waals surface area contributed by atoms with Gasteiger partial charge >= 0.3 is 0 Å². The van der Waals surface area contributed by atoms with Crippen LogP contribution in [0.2, 0.25) is 0 Å². The molecule has 0 unspecified atom stereocenters. The Labute approximate surface area is 130 Å². The summed E-state index contributed by atoms with van der Waals surface area (Å²) in [5.74, 6) is 2.76. The summed E-state index contributed by atoms with van der Waals surface area (Å²) in [6.45, 7) is 1.79. The standard InChI is InChI=1S/C17H19N3O2/c1-3-12-22-15-6-4-14(5-7-15)16(21)19-17(13-18)8-10-20(2)11-9-17/h1,4-7H,8-12H2,2H3,(H,19,21). The molecule has 114 valence electrons. The smallest absolute Gasteiger partial charge is 0.252 e. The van der Waals surface area contributed by atoms with Gasteiger partial charge in [-0.15, -0.1) is 6.42 Å². The largest absolute Gasteiger partial charge is 0.481 e. The molecule has 1 amide bonds. The van der Waals surface area contributed by atoms with Gasteiger partial charge in [0.25, 0.3) is 5.91 Å². The number of carbonyl (C=O) groups excluding carboxylic acids is 1. The second kappa shape index (κ2) is 6.98. The molecule has 1 N–H and O–H groups in total. The number of nitriles is 1. The summed E-state index contributed by atoms with van der Waals surface area (Å²) in [6, 6.07) is 9.00. The van der Waals surface area contributed by atoms with E-state index in [0.717, 1.165) is 13.1 Å². The number of amides is 1. The topological polar surface area (TPSA) is 65.4 Å². The third-order valence-corrected chi connectivity index (χ3v) is 3.85. The van der Waals surface area contributed by atoms with Crippen LogP contribution in [0.5, 0.6) is 5.75 Å². The summed E-state index contributed by atoms with van der Waals surface area (Å²) in [7, 11) is 2.01. The van der Waals surface area contributed by atoms with Crippen LogP contribution in [-0.2, 0) is 0 Å². The minimum Gasteiger partial charge on any atom is -0.481 e. The first-order valence-corrected chi connectivity index (χ1v) is 7.17. The van der Waals surface area contributed by atoms with Gasteiger partial charge < -0.3 is 15.0 Å². The lowest BCUT2D eigenvalue weighted by molar-refractivity contribution is 0.0882. The zero-order valence-corrected chi connectivity index (χ0v) is 12.6. The number of nitrogens with one attached hydrogen (secondary N) is 1. The molecule has 1 heterocycles. The number of likely N-dealkylation sites (tertiary alicyclic amines) is 1. The van der Waals surface area contributed by atoms with Gasteiger partial charge in [0, 0.05) is 18.7 Å². The summed E-state index contributed by atoms with van der Waals surface area (Å²) in [4.78, 5) is 14.5. The second-order valence-electron chi connectivity index (χ2n) is 5.47. The monoisotopic (exact) mass is 297 g/mol. The minimum absolute atomic E-state index is 0.191. The Morgan fingerprint density at radius 3 is 2.59 bits per heavy atom. The zero-order chi connectivity index (χ0) is 16.0. The van der Waals surface area contributed by atoms with E-state index >= 15 is 0 Å². The van der Waals surface area contributed by atoms with Crippen molar-refractivity contribution in [3.8, 4) is 24.2 Å². The number of ether oxygens (including phenoxy) is 1. The van der Waals surface area contributed by atoms with Crippen molar-refractivity contribution in [3.63, 3.8) is 0 Å². The first-order chi connectivity index (χ1) is 10.6. The maximum atomic E-state index is 12.3. The number of benzene rings is 1. The molecule has 0 saturated carbocycles. The molecule has 0 atom stereocenters. The highest BCUT2D eigenvalue weighted by molar-refractivity contribution is 5.95. The Bertz CT molecular complexity index is 602. The van der Waals surface area contributed by atoms with Crippen LogP contribution in [0.3, 0.4) is 0 Å². The van der Waals surface area contributed by atoms with E-state index in [-0.39, 0.29) is 12.5 Å². The molecule has 1 aromatic carbocycles. The SMILES string of the molecule is C#CCOc1ccc(C(=O)NC2(C#N)CCN(C)CC2)cc1.